The predicted molar refractivity (Wildman–Crippen MR) is 144 cm³/mol. The molecule has 0 bridgehead atoms. The number of anilines is 1. The molecule has 0 atom stereocenters. The van der Waals surface area contributed by atoms with Gasteiger partial charge in [-0.2, -0.15) is 5.10 Å². The molecule has 0 saturated carbocycles. The van der Waals surface area contributed by atoms with Crippen molar-refractivity contribution in [2.75, 3.05) is 10.8 Å². The third kappa shape index (κ3) is 6.02. The Morgan fingerprint density at radius 2 is 1.71 bits per heavy atom. The van der Waals surface area contributed by atoms with Gasteiger partial charge in [0.15, 0.2) is 0 Å². The highest BCUT2D eigenvalue weighted by molar-refractivity contribution is 7.92. The molecule has 0 fully saturated rings. The lowest BCUT2D eigenvalue weighted by Gasteiger charge is -2.24. The number of furan rings is 1. The summed E-state index contributed by atoms with van der Waals surface area (Å²) >= 11 is 12.4. The van der Waals surface area contributed by atoms with Crippen molar-refractivity contribution in [3.05, 3.63) is 111 Å². The van der Waals surface area contributed by atoms with Gasteiger partial charge in [0.2, 0.25) is 0 Å². The molecular weight excluding hydrogens is 555 g/mol. The number of nitrogens with one attached hydrogen (secondary N) is 1. The minimum absolute atomic E-state index is 0.0284. The predicted octanol–water partition coefficient (Wildman–Crippen LogP) is 5.51. The van der Waals surface area contributed by atoms with E-state index in [-0.39, 0.29) is 32.1 Å². The van der Waals surface area contributed by atoms with Gasteiger partial charge in [0.25, 0.3) is 21.6 Å². The number of carbonyl (C=O) groups excluding carboxylic acids is 1. The molecule has 1 heterocycles. The molecule has 0 aliphatic heterocycles. The zero-order valence-corrected chi connectivity index (χ0v) is 21.7. The topological polar surface area (TPSA) is 135 Å². The van der Waals surface area contributed by atoms with Crippen molar-refractivity contribution in [3.63, 3.8) is 0 Å². The van der Waals surface area contributed by atoms with E-state index in [0.29, 0.717) is 11.3 Å². The first kappa shape index (κ1) is 26.9. The summed E-state index contributed by atoms with van der Waals surface area (Å²) < 4.78 is 33.2. The minimum Gasteiger partial charge on any atom is -0.455 e. The van der Waals surface area contributed by atoms with Gasteiger partial charge in [-0.25, -0.2) is 13.8 Å². The summed E-state index contributed by atoms with van der Waals surface area (Å²) in [5.41, 5.74) is 2.86. The van der Waals surface area contributed by atoms with Crippen LogP contribution in [0.5, 0.6) is 0 Å². The van der Waals surface area contributed by atoms with Crippen LogP contribution < -0.4 is 9.73 Å². The third-order valence-corrected chi connectivity index (χ3v) is 7.77. The molecule has 194 valence electrons. The monoisotopic (exact) mass is 572 g/mol. The fraction of sp³-hybridized carbons (Fsp3) is 0.0400. The van der Waals surface area contributed by atoms with E-state index >= 15 is 0 Å². The van der Waals surface area contributed by atoms with Gasteiger partial charge in [0.05, 0.1) is 31.8 Å². The summed E-state index contributed by atoms with van der Waals surface area (Å²) in [7, 11) is -4.18. The number of hydrogen-bond donors (Lipinski definition) is 1. The van der Waals surface area contributed by atoms with Crippen molar-refractivity contribution in [1.82, 2.24) is 5.43 Å². The van der Waals surface area contributed by atoms with Gasteiger partial charge in [-0.05, 0) is 48.5 Å². The molecule has 13 heteroatoms. The molecule has 3 aromatic carbocycles. The normalized spacial score (nSPS) is 11.4. The maximum Gasteiger partial charge on any atom is 0.269 e. The number of sulfonamides is 1. The lowest BCUT2D eigenvalue weighted by molar-refractivity contribution is -0.384. The summed E-state index contributed by atoms with van der Waals surface area (Å²) in [5, 5.41) is 14.7. The Balaban J connectivity index is 1.50. The van der Waals surface area contributed by atoms with Gasteiger partial charge < -0.3 is 4.42 Å². The third-order valence-electron chi connectivity index (χ3n) is 5.19. The van der Waals surface area contributed by atoms with Crippen LogP contribution in [0.3, 0.4) is 0 Å². The first-order valence-corrected chi connectivity index (χ1v) is 13.0. The van der Waals surface area contributed by atoms with Crippen LogP contribution in [0, 0.1) is 10.1 Å². The van der Waals surface area contributed by atoms with Crippen molar-refractivity contribution in [2.45, 2.75) is 4.90 Å². The Morgan fingerprint density at radius 1 is 1.00 bits per heavy atom. The fourth-order valence-electron chi connectivity index (χ4n) is 3.36. The van der Waals surface area contributed by atoms with Crippen molar-refractivity contribution >= 4 is 56.7 Å². The van der Waals surface area contributed by atoms with E-state index in [2.05, 4.69) is 10.5 Å². The first-order chi connectivity index (χ1) is 18.2. The van der Waals surface area contributed by atoms with Crippen LogP contribution in [0.15, 0.2) is 99.3 Å². The molecule has 0 spiro atoms. The van der Waals surface area contributed by atoms with Crippen molar-refractivity contribution in [3.8, 4) is 11.3 Å². The molecule has 4 aromatic rings. The second kappa shape index (κ2) is 11.5. The molecular formula is C25H18Cl2N4O6S. The number of halogens is 2. The lowest BCUT2D eigenvalue weighted by Crippen LogP contribution is -2.39. The molecule has 0 saturated heterocycles. The van der Waals surface area contributed by atoms with E-state index in [0.717, 1.165) is 4.31 Å². The minimum atomic E-state index is -4.18. The van der Waals surface area contributed by atoms with Gasteiger partial charge in [0, 0.05) is 17.7 Å². The number of carbonyl (C=O) groups is 1. The highest BCUT2D eigenvalue weighted by Gasteiger charge is 2.29. The number of amides is 1. The first-order valence-electron chi connectivity index (χ1n) is 10.8. The molecule has 1 aromatic heterocycles. The van der Waals surface area contributed by atoms with Crippen LogP contribution in [0.4, 0.5) is 11.4 Å². The van der Waals surface area contributed by atoms with E-state index in [1.807, 2.05) is 0 Å². The zero-order valence-electron chi connectivity index (χ0n) is 19.3. The van der Waals surface area contributed by atoms with Crippen LogP contribution in [0.25, 0.3) is 11.3 Å². The SMILES string of the molecule is O=C(CN(c1cccc(Cl)c1Cl)S(=O)(=O)c1ccccc1)N/N=C\c1ccc(-c2ccc([N+](=O)[O-])cc2)o1. The molecule has 0 unspecified atom stereocenters. The number of benzene rings is 3. The molecule has 0 radical (unpaired) electrons. The van der Waals surface area contributed by atoms with E-state index in [4.69, 9.17) is 27.6 Å². The summed E-state index contributed by atoms with van der Waals surface area (Å²) in [6, 6.07) is 21.1. The lowest BCUT2D eigenvalue weighted by atomic mass is 10.1. The molecule has 0 aliphatic carbocycles. The number of non-ortho nitro benzene ring substituents is 1. The smallest absolute Gasteiger partial charge is 0.269 e. The molecule has 1 amide bonds. The Morgan fingerprint density at radius 3 is 2.39 bits per heavy atom. The van der Waals surface area contributed by atoms with Crippen LogP contribution in [0.1, 0.15) is 5.76 Å². The second-order valence-electron chi connectivity index (χ2n) is 7.70. The highest BCUT2D eigenvalue weighted by Crippen LogP contribution is 2.35. The maximum absolute atomic E-state index is 13.4. The standard InChI is InChI=1S/C25H18Cl2N4O6S/c26-21-7-4-8-22(25(21)27)30(38(35,36)20-5-2-1-3-6-20)16-24(32)29-28-15-19-13-14-23(37-19)17-9-11-18(12-10-17)31(33)34/h1-15H,16H2,(H,29,32)/b28-15-. The van der Waals surface area contributed by atoms with Crippen LogP contribution in [-0.4, -0.2) is 32.0 Å². The van der Waals surface area contributed by atoms with Gasteiger partial charge in [-0.3, -0.25) is 19.2 Å². The van der Waals surface area contributed by atoms with Crippen LogP contribution in [0.2, 0.25) is 10.0 Å². The van der Waals surface area contributed by atoms with Gasteiger partial charge in [-0.1, -0.05) is 47.5 Å². The highest BCUT2D eigenvalue weighted by atomic mass is 35.5. The van der Waals surface area contributed by atoms with Crippen molar-refractivity contribution in [2.24, 2.45) is 5.10 Å². The number of hydrazone groups is 1. The Kier molecular flexibility index (Phi) is 8.10. The van der Waals surface area contributed by atoms with E-state index in [9.17, 15) is 23.3 Å². The Bertz CT molecular complexity index is 1610. The van der Waals surface area contributed by atoms with E-state index in [1.165, 1.54) is 48.7 Å². The molecule has 38 heavy (non-hydrogen) atoms. The van der Waals surface area contributed by atoms with Crippen molar-refractivity contribution < 1.29 is 22.6 Å². The average Bonchev–Trinajstić information content (AvgIpc) is 3.38. The summed E-state index contributed by atoms with van der Waals surface area (Å²) in [6.07, 6.45) is 1.23. The molecule has 10 nitrogen and oxygen atoms in total. The summed E-state index contributed by atoms with van der Waals surface area (Å²) in [6.45, 7) is -0.638. The average molecular weight is 573 g/mol. The molecule has 1 N–H and O–H groups in total. The number of nitrogens with zero attached hydrogens (tertiary/aromatic N) is 3. The molecule has 4 rings (SSSR count). The summed E-state index contributed by atoms with van der Waals surface area (Å²) in [4.78, 5) is 23.0. The fourth-order valence-corrected chi connectivity index (χ4v) is 5.26. The van der Waals surface area contributed by atoms with Gasteiger partial charge >= 0.3 is 0 Å². The van der Waals surface area contributed by atoms with Gasteiger partial charge in [-0.15, -0.1) is 0 Å². The Hall–Kier alpha value is -4.19. The number of nitro benzene ring substituents is 1. The number of nitro groups is 1. The Labute approximate surface area is 227 Å². The van der Waals surface area contributed by atoms with Crippen LogP contribution in [-0.2, 0) is 14.8 Å². The second-order valence-corrected chi connectivity index (χ2v) is 10.3. The molecule has 0 aliphatic rings. The number of hydrogen-bond acceptors (Lipinski definition) is 7. The van der Waals surface area contributed by atoms with E-state index < -0.39 is 27.4 Å². The number of rotatable bonds is 9. The van der Waals surface area contributed by atoms with Gasteiger partial charge in [0.1, 0.15) is 18.1 Å². The maximum atomic E-state index is 13.4. The summed E-state index contributed by atoms with van der Waals surface area (Å²) in [5.74, 6) is -0.0346. The van der Waals surface area contributed by atoms with Crippen LogP contribution >= 0.6 is 23.2 Å². The quantitative estimate of drug-likeness (QED) is 0.159. The largest absolute Gasteiger partial charge is 0.455 e. The zero-order chi connectivity index (χ0) is 27.3. The van der Waals surface area contributed by atoms with Crippen molar-refractivity contribution in [1.29, 1.82) is 0 Å². The van der Waals surface area contributed by atoms with E-state index in [1.54, 1.807) is 42.5 Å².